The molecule has 2 aromatic carbocycles. The highest BCUT2D eigenvalue weighted by molar-refractivity contribution is 5.71. The van der Waals surface area contributed by atoms with Gasteiger partial charge in [0.15, 0.2) is 0 Å². The Hall–Kier alpha value is -2.60. The molecule has 0 bridgehead atoms. The molecule has 1 N–H and O–H groups in total. The molecule has 0 spiro atoms. The molecule has 2 unspecified atom stereocenters. The van der Waals surface area contributed by atoms with Gasteiger partial charge in [0.05, 0.1) is 5.92 Å². The van der Waals surface area contributed by atoms with Crippen molar-refractivity contribution in [2.75, 3.05) is 19.7 Å². The van der Waals surface area contributed by atoms with E-state index < -0.39 is 12.1 Å². The van der Waals surface area contributed by atoms with Crippen molar-refractivity contribution in [3.8, 4) is 11.5 Å². The number of nitrogens with zero attached hydrogens (tertiary/aromatic N) is 1. The molecule has 2 aliphatic heterocycles. The third kappa shape index (κ3) is 3.62. The Morgan fingerprint density at radius 3 is 2.81 bits per heavy atom. The van der Waals surface area contributed by atoms with Crippen molar-refractivity contribution >= 4 is 5.97 Å². The first-order valence-corrected chi connectivity index (χ1v) is 9.15. The third-order valence-corrected chi connectivity index (χ3v) is 5.36. The van der Waals surface area contributed by atoms with Gasteiger partial charge in [-0.15, -0.1) is 0 Å². The fourth-order valence-corrected chi connectivity index (χ4v) is 3.68. The highest BCUT2D eigenvalue weighted by Gasteiger charge is 2.38. The molecule has 2 atom stereocenters. The van der Waals surface area contributed by atoms with E-state index in [0.717, 1.165) is 17.7 Å². The van der Waals surface area contributed by atoms with Crippen molar-refractivity contribution in [2.45, 2.75) is 25.5 Å². The quantitative estimate of drug-likeness (QED) is 0.874. The second-order valence-corrected chi connectivity index (χ2v) is 7.21. The second kappa shape index (κ2) is 7.19. The summed E-state index contributed by atoms with van der Waals surface area (Å²) < 4.78 is 25.7. The number of hydrogen-bond donors (Lipinski definition) is 1. The van der Waals surface area contributed by atoms with Crippen LogP contribution >= 0.6 is 0 Å². The van der Waals surface area contributed by atoms with Crippen LogP contribution in [-0.2, 0) is 11.2 Å². The molecule has 27 heavy (non-hydrogen) atoms. The van der Waals surface area contributed by atoms with Crippen molar-refractivity contribution < 1.29 is 23.8 Å². The first-order valence-electron chi connectivity index (χ1n) is 9.15. The molecule has 6 heteroatoms. The molecule has 142 valence electrons. The zero-order valence-corrected chi connectivity index (χ0v) is 15.1. The lowest BCUT2D eigenvalue weighted by Gasteiger charge is -2.43. The van der Waals surface area contributed by atoms with Crippen LogP contribution in [0.5, 0.6) is 11.5 Å². The minimum absolute atomic E-state index is 0.206. The number of fused-ring (bicyclic) bond motifs is 1. The number of carbonyl (C=O) groups is 1. The Morgan fingerprint density at radius 1 is 1.30 bits per heavy atom. The number of halogens is 1. The van der Waals surface area contributed by atoms with Crippen molar-refractivity contribution in [1.82, 2.24) is 4.90 Å². The molecule has 4 rings (SSSR count). The molecule has 2 aromatic rings. The minimum atomic E-state index is -0.728. The van der Waals surface area contributed by atoms with E-state index in [1.165, 1.54) is 6.07 Å². The summed E-state index contributed by atoms with van der Waals surface area (Å²) in [6, 6.07) is 12.5. The van der Waals surface area contributed by atoms with Crippen molar-refractivity contribution in [3.05, 3.63) is 59.4 Å². The van der Waals surface area contributed by atoms with Gasteiger partial charge in [-0.2, -0.15) is 0 Å². The first kappa shape index (κ1) is 17.8. The van der Waals surface area contributed by atoms with Gasteiger partial charge in [-0.3, -0.25) is 9.69 Å². The predicted octanol–water partition coefficient (Wildman–Crippen LogP) is 3.29. The average Bonchev–Trinajstić information content (AvgIpc) is 2.60. The Labute approximate surface area is 157 Å². The van der Waals surface area contributed by atoms with Gasteiger partial charge >= 0.3 is 5.97 Å². The molecule has 0 aromatic heterocycles. The van der Waals surface area contributed by atoms with Crippen molar-refractivity contribution in [2.24, 2.45) is 5.92 Å². The first-order chi connectivity index (χ1) is 13.0. The summed E-state index contributed by atoms with van der Waals surface area (Å²) in [5.41, 5.74) is 1.60. The number of carboxylic acid groups (broad SMARTS) is 1. The SMILES string of the molecule is CC(Oc1ccc2c(c1)OCC(N1CC(C(=O)O)C1)C2)c1ccccc1F. The molecule has 0 aliphatic carbocycles. The van der Waals surface area contributed by atoms with Crippen LogP contribution < -0.4 is 9.47 Å². The Morgan fingerprint density at radius 2 is 2.07 bits per heavy atom. The number of hydrogen-bond acceptors (Lipinski definition) is 4. The molecule has 0 saturated carbocycles. The smallest absolute Gasteiger partial charge is 0.309 e. The highest BCUT2D eigenvalue weighted by Crippen LogP contribution is 2.34. The van der Waals surface area contributed by atoms with Crippen molar-refractivity contribution in [3.63, 3.8) is 0 Å². The zero-order chi connectivity index (χ0) is 19.0. The predicted molar refractivity (Wildman–Crippen MR) is 97.6 cm³/mol. The molecule has 5 nitrogen and oxygen atoms in total. The van der Waals surface area contributed by atoms with E-state index in [1.54, 1.807) is 18.2 Å². The summed E-state index contributed by atoms with van der Waals surface area (Å²) in [6.07, 6.45) is 0.416. The van der Waals surface area contributed by atoms with E-state index in [9.17, 15) is 9.18 Å². The van der Waals surface area contributed by atoms with E-state index in [0.29, 0.717) is 31.0 Å². The van der Waals surface area contributed by atoms with Crippen LogP contribution in [0.1, 0.15) is 24.2 Å². The van der Waals surface area contributed by atoms with Gasteiger partial charge in [0, 0.05) is 30.8 Å². The van der Waals surface area contributed by atoms with E-state index in [4.69, 9.17) is 14.6 Å². The van der Waals surface area contributed by atoms with Crippen LogP contribution in [-0.4, -0.2) is 41.7 Å². The van der Waals surface area contributed by atoms with Gasteiger partial charge in [0.25, 0.3) is 0 Å². The summed E-state index contributed by atoms with van der Waals surface area (Å²) in [5.74, 6) is 0.144. The Balaban J connectivity index is 1.40. The topological polar surface area (TPSA) is 59.0 Å². The van der Waals surface area contributed by atoms with Gasteiger partial charge in [-0.05, 0) is 31.0 Å². The summed E-state index contributed by atoms with van der Waals surface area (Å²) in [6.45, 7) is 3.52. The van der Waals surface area contributed by atoms with E-state index >= 15 is 0 Å². The standard InChI is InChI=1S/C21H22FNO4/c1-13(18-4-2-3-5-19(18)22)27-17-7-6-14-8-16(12-26-20(14)9-17)23-10-15(11-23)21(24)25/h2-7,9,13,15-16H,8,10-12H2,1H3,(H,24,25). The lowest BCUT2D eigenvalue weighted by Crippen LogP contribution is -2.57. The summed E-state index contributed by atoms with van der Waals surface area (Å²) in [7, 11) is 0. The molecular formula is C21H22FNO4. The third-order valence-electron chi connectivity index (χ3n) is 5.36. The van der Waals surface area contributed by atoms with Crippen molar-refractivity contribution in [1.29, 1.82) is 0 Å². The van der Waals surface area contributed by atoms with Gasteiger partial charge in [0.2, 0.25) is 0 Å². The second-order valence-electron chi connectivity index (χ2n) is 7.21. The normalized spacial score (nSPS) is 20.9. The fourth-order valence-electron chi connectivity index (χ4n) is 3.68. The Kier molecular flexibility index (Phi) is 4.74. The maximum absolute atomic E-state index is 13.9. The lowest BCUT2D eigenvalue weighted by molar-refractivity contribution is -0.149. The molecule has 0 amide bonds. The van der Waals surface area contributed by atoms with Crippen LogP contribution in [0.4, 0.5) is 4.39 Å². The maximum Gasteiger partial charge on any atom is 0.309 e. The molecule has 0 radical (unpaired) electrons. The number of benzene rings is 2. The number of aliphatic carboxylic acids is 1. The maximum atomic E-state index is 13.9. The summed E-state index contributed by atoms with van der Waals surface area (Å²) in [4.78, 5) is 13.1. The number of ether oxygens (including phenoxy) is 2. The van der Waals surface area contributed by atoms with E-state index in [-0.39, 0.29) is 17.8 Å². The van der Waals surface area contributed by atoms with Crippen LogP contribution in [0.25, 0.3) is 0 Å². The lowest BCUT2D eigenvalue weighted by atomic mass is 9.93. The van der Waals surface area contributed by atoms with Gasteiger partial charge in [0.1, 0.15) is 30.0 Å². The van der Waals surface area contributed by atoms with Crippen LogP contribution in [0.2, 0.25) is 0 Å². The molecule has 2 heterocycles. The van der Waals surface area contributed by atoms with E-state index in [2.05, 4.69) is 4.90 Å². The van der Waals surface area contributed by atoms with Crippen LogP contribution in [0, 0.1) is 11.7 Å². The van der Waals surface area contributed by atoms with Crippen LogP contribution in [0.15, 0.2) is 42.5 Å². The molecule has 1 fully saturated rings. The van der Waals surface area contributed by atoms with Crippen LogP contribution in [0.3, 0.4) is 0 Å². The number of likely N-dealkylation sites (tertiary alicyclic amines) is 1. The monoisotopic (exact) mass is 371 g/mol. The molecule has 2 aliphatic rings. The van der Waals surface area contributed by atoms with E-state index in [1.807, 2.05) is 25.1 Å². The number of rotatable bonds is 5. The zero-order valence-electron chi connectivity index (χ0n) is 15.1. The summed E-state index contributed by atoms with van der Waals surface area (Å²) in [5, 5.41) is 9.01. The van der Waals surface area contributed by atoms with Gasteiger partial charge < -0.3 is 14.6 Å². The molecular weight excluding hydrogens is 349 g/mol. The van der Waals surface area contributed by atoms with Gasteiger partial charge in [-0.1, -0.05) is 24.3 Å². The average molecular weight is 371 g/mol. The summed E-state index contributed by atoms with van der Waals surface area (Å²) >= 11 is 0. The fraction of sp³-hybridized carbons (Fsp3) is 0.381. The number of carboxylic acids is 1. The molecule has 1 saturated heterocycles. The largest absolute Gasteiger partial charge is 0.492 e. The Bertz CT molecular complexity index is 850. The van der Waals surface area contributed by atoms with Gasteiger partial charge in [-0.25, -0.2) is 4.39 Å². The minimum Gasteiger partial charge on any atom is -0.492 e. The highest BCUT2D eigenvalue weighted by atomic mass is 19.1.